The van der Waals surface area contributed by atoms with Crippen molar-refractivity contribution >= 4 is 6.09 Å². The summed E-state index contributed by atoms with van der Waals surface area (Å²) in [6.45, 7) is 12.2. The van der Waals surface area contributed by atoms with Gasteiger partial charge in [-0.3, -0.25) is 9.80 Å². The van der Waals surface area contributed by atoms with Gasteiger partial charge in [0.05, 0.1) is 12.2 Å². The van der Waals surface area contributed by atoms with Gasteiger partial charge in [-0.1, -0.05) is 36.4 Å². The van der Waals surface area contributed by atoms with Gasteiger partial charge >= 0.3 is 6.09 Å². The summed E-state index contributed by atoms with van der Waals surface area (Å²) in [6.07, 6.45) is 6.13. The molecule has 4 nitrogen and oxygen atoms in total. The van der Waals surface area contributed by atoms with Gasteiger partial charge in [-0.2, -0.15) is 0 Å². The Hall–Kier alpha value is -1.81. The molecule has 0 N–H and O–H groups in total. The number of carbonyl (C=O) groups excluding carboxylic acids is 1. The van der Waals surface area contributed by atoms with Crippen LogP contribution in [0.1, 0.15) is 52.0 Å². The van der Waals surface area contributed by atoms with Crippen LogP contribution >= 0.6 is 0 Å². The number of benzene rings is 1. The maximum absolute atomic E-state index is 13.2. The molecule has 1 amide bonds. The van der Waals surface area contributed by atoms with Crippen LogP contribution in [0, 0.1) is 5.92 Å². The smallest absolute Gasteiger partial charge is 0.412 e. The SMILES string of the molecule is C=CCN1CC2CCC1(N(Cc1ccccc1)C(=O)OC(C)(C)C)CC2. The molecule has 26 heavy (non-hydrogen) atoms. The van der Waals surface area contributed by atoms with Gasteiger partial charge in [0, 0.05) is 13.1 Å². The third-order valence-corrected chi connectivity index (χ3v) is 5.62. The maximum atomic E-state index is 13.2. The molecule has 1 aromatic rings. The molecular formula is C22H32N2O2. The lowest BCUT2D eigenvalue weighted by Crippen LogP contribution is -2.68. The summed E-state index contributed by atoms with van der Waals surface area (Å²) in [5, 5.41) is 0. The van der Waals surface area contributed by atoms with E-state index in [4.69, 9.17) is 4.74 Å². The molecule has 0 unspecified atom stereocenters. The van der Waals surface area contributed by atoms with E-state index in [-0.39, 0.29) is 11.8 Å². The Kier molecular flexibility index (Phi) is 5.42. The fraction of sp³-hybridized carbons (Fsp3) is 0.591. The Morgan fingerprint density at radius 1 is 1.31 bits per heavy atom. The second kappa shape index (κ2) is 7.43. The molecule has 0 aromatic heterocycles. The van der Waals surface area contributed by atoms with E-state index in [2.05, 4.69) is 23.6 Å². The Morgan fingerprint density at radius 3 is 2.54 bits per heavy atom. The molecule has 3 aliphatic rings. The van der Waals surface area contributed by atoms with Gasteiger partial charge in [0.15, 0.2) is 0 Å². The zero-order valence-electron chi connectivity index (χ0n) is 16.4. The fourth-order valence-corrected chi connectivity index (χ4v) is 4.43. The number of hydrogen-bond donors (Lipinski definition) is 0. The first-order chi connectivity index (χ1) is 12.3. The minimum Gasteiger partial charge on any atom is -0.444 e. The van der Waals surface area contributed by atoms with Crippen LogP contribution < -0.4 is 0 Å². The van der Waals surface area contributed by atoms with Crippen molar-refractivity contribution in [3.8, 4) is 0 Å². The predicted octanol–water partition coefficient (Wildman–Crippen LogP) is 4.81. The lowest BCUT2D eigenvalue weighted by Gasteiger charge is -2.58. The van der Waals surface area contributed by atoms with Gasteiger partial charge < -0.3 is 4.74 Å². The third kappa shape index (κ3) is 3.96. The molecule has 2 heterocycles. The fourth-order valence-electron chi connectivity index (χ4n) is 4.43. The Bertz CT molecular complexity index is 627. The van der Waals surface area contributed by atoms with Crippen LogP contribution in [0.15, 0.2) is 43.0 Å². The summed E-state index contributed by atoms with van der Waals surface area (Å²) in [6, 6.07) is 10.2. The van der Waals surface area contributed by atoms with Crippen molar-refractivity contribution in [3.05, 3.63) is 48.6 Å². The number of piperidine rings is 2. The molecule has 0 radical (unpaired) electrons. The van der Waals surface area contributed by atoms with E-state index < -0.39 is 5.60 Å². The Labute approximate surface area is 157 Å². The summed E-state index contributed by atoms with van der Waals surface area (Å²) in [4.78, 5) is 17.7. The first-order valence-corrected chi connectivity index (χ1v) is 9.74. The summed E-state index contributed by atoms with van der Waals surface area (Å²) in [5.74, 6) is 0.744. The molecule has 3 fully saturated rings. The van der Waals surface area contributed by atoms with Crippen LogP contribution in [0.5, 0.6) is 0 Å². The zero-order chi connectivity index (χ0) is 18.8. The van der Waals surface area contributed by atoms with Crippen molar-refractivity contribution in [2.75, 3.05) is 13.1 Å². The maximum Gasteiger partial charge on any atom is 0.412 e. The summed E-state index contributed by atoms with van der Waals surface area (Å²) in [5.41, 5.74) is 0.373. The second-order valence-electron chi connectivity index (χ2n) is 8.67. The van der Waals surface area contributed by atoms with Crippen molar-refractivity contribution in [2.45, 2.75) is 64.3 Å². The first kappa shape index (κ1) is 19.0. The predicted molar refractivity (Wildman–Crippen MR) is 105 cm³/mol. The number of fused-ring (bicyclic) bond motifs is 3. The van der Waals surface area contributed by atoms with Gasteiger partial charge in [-0.05, 0) is 57.9 Å². The van der Waals surface area contributed by atoms with E-state index in [1.54, 1.807) is 0 Å². The van der Waals surface area contributed by atoms with Crippen LogP contribution in [0.2, 0.25) is 0 Å². The number of nitrogens with zero attached hydrogens (tertiary/aromatic N) is 2. The minimum atomic E-state index is -0.502. The van der Waals surface area contributed by atoms with Crippen molar-refractivity contribution in [1.29, 1.82) is 0 Å². The standard InChI is InChI=1S/C22H32N2O2/c1-5-15-23-16-19-11-13-22(23,14-12-19)24(20(25)26-21(2,3)4)17-18-9-7-6-8-10-18/h5-10,19H,1,11-17H2,2-4H3. The number of rotatable bonds is 5. The summed E-state index contributed by atoms with van der Waals surface area (Å²) < 4.78 is 5.83. The molecule has 1 saturated carbocycles. The number of ether oxygens (including phenoxy) is 1. The molecule has 2 saturated heterocycles. The number of carbonyl (C=O) groups is 1. The van der Waals surface area contributed by atoms with Crippen molar-refractivity contribution in [1.82, 2.24) is 9.80 Å². The average molecular weight is 357 g/mol. The molecule has 4 heteroatoms. The number of amides is 1. The molecule has 1 aromatic carbocycles. The van der Waals surface area contributed by atoms with Gasteiger partial charge in [0.2, 0.25) is 0 Å². The van der Waals surface area contributed by atoms with Crippen LogP contribution in [0.25, 0.3) is 0 Å². The lowest BCUT2D eigenvalue weighted by atomic mass is 9.74. The zero-order valence-corrected chi connectivity index (χ0v) is 16.4. The highest BCUT2D eigenvalue weighted by Crippen LogP contribution is 2.46. The Balaban J connectivity index is 1.94. The average Bonchev–Trinajstić information content (AvgIpc) is 2.60. The first-order valence-electron chi connectivity index (χ1n) is 9.74. The van der Waals surface area contributed by atoms with Crippen molar-refractivity contribution in [2.24, 2.45) is 5.92 Å². The van der Waals surface area contributed by atoms with E-state index in [1.807, 2.05) is 49.9 Å². The minimum absolute atomic E-state index is 0.212. The normalized spacial score (nSPS) is 25.7. The molecule has 0 spiro atoms. The topological polar surface area (TPSA) is 32.8 Å². The molecule has 0 atom stereocenters. The van der Waals surface area contributed by atoms with E-state index in [0.29, 0.717) is 6.54 Å². The van der Waals surface area contributed by atoms with E-state index in [0.717, 1.165) is 37.4 Å². The molecule has 2 bridgehead atoms. The molecular weight excluding hydrogens is 324 g/mol. The third-order valence-electron chi connectivity index (χ3n) is 5.62. The van der Waals surface area contributed by atoms with Crippen LogP contribution in [0.4, 0.5) is 4.79 Å². The summed E-state index contributed by atoms with van der Waals surface area (Å²) >= 11 is 0. The molecule has 1 aliphatic carbocycles. The van der Waals surface area contributed by atoms with E-state index >= 15 is 0 Å². The lowest BCUT2D eigenvalue weighted by molar-refractivity contribution is -0.131. The van der Waals surface area contributed by atoms with Gasteiger partial charge in [0.1, 0.15) is 5.60 Å². The number of hydrogen-bond acceptors (Lipinski definition) is 3. The van der Waals surface area contributed by atoms with Crippen LogP contribution in [0.3, 0.4) is 0 Å². The van der Waals surface area contributed by atoms with Gasteiger partial charge in [0.25, 0.3) is 0 Å². The summed E-state index contributed by atoms with van der Waals surface area (Å²) in [7, 11) is 0. The Morgan fingerprint density at radius 2 is 1.96 bits per heavy atom. The highest BCUT2D eigenvalue weighted by Gasteiger charge is 2.51. The monoisotopic (exact) mass is 356 g/mol. The van der Waals surface area contributed by atoms with Crippen molar-refractivity contribution < 1.29 is 9.53 Å². The van der Waals surface area contributed by atoms with E-state index in [1.165, 1.54) is 12.8 Å². The van der Waals surface area contributed by atoms with E-state index in [9.17, 15) is 4.79 Å². The highest BCUT2D eigenvalue weighted by atomic mass is 16.6. The molecule has 142 valence electrons. The van der Waals surface area contributed by atoms with Gasteiger partial charge in [-0.25, -0.2) is 4.79 Å². The second-order valence-corrected chi connectivity index (χ2v) is 8.67. The highest BCUT2D eigenvalue weighted by molar-refractivity contribution is 5.69. The quantitative estimate of drug-likeness (QED) is 0.710. The molecule has 4 rings (SSSR count). The molecule has 2 aliphatic heterocycles. The van der Waals surface area contributed by atoms with Crippen molar-refractivity contribution in [3.63, 3.8) is 0 Å². The van der Waals surface area contributed by atoms with Crippen LogP contribution in [-0.2, 0) is 11.3 Å². The van der Waals surface area contributed by atoms with Gasteiger partial charge in [-0.15, -0.1) is 6.58 Å². The largest absolute Gasteiger partial charge is 0.444 e. The van der Waals surface area contributed by atoms with Crippen LogP contribution in [-0.4, -0.2) is 40.2 Å².